The highest BCUT2D eigenvalue weighted by molar-refractivity contribution is 5.81. The van der Waals surface area contributed by atoms with Crippen LogP contribution in [0.2, 0.25) is 0 Å². The largest absolute Gasteiger partial charge is 0.378 e. The smallest absolute Gasteiger partial charge is 0.239 e. The Morgan fingerprint density at radius 1 is 1.53 bits per heavy atom. The minimum absolute atomic E-state index is 0.0570. The predicted molar refractivity (Wildman–Crippen MR) is 68.0 cm³/mol. The maximum absolute atomic E-state index is 11.7. The van der Waals surface area contributed by atoms with Crippen LogP contribution in [0.4, 0.5) is 0 Å². The number of rotatable bonds is 6. The fourth-order valence-electron chi connectivity index (χ4n) is 1.99. The molecule has 1 amide bonds. The molecule has 1 atom stereocenters. The van der Waals surface area contributed by atoms with Crippen molar-refractivity contribution in [2.45, 2.75) is 32.4 Å². The monoisotopic (exact) mass is 243 g/mol. The third-order valence-electron chi connectivity index (χ3n) is 2.96. The van der Waals surface area contributed by atoms with E-state index in [0.29, 0.717) is 12.6 Å². The van der Waals surface area contributed by atoms with Gasteiger partial charge in [0.25, 0.3) is 0 Å². The van der Waals surface area contributed by atoms with E-state index in [1.165, 1.54) is 0 Å². The van der Waals surface area contributed by atoms with Crippen molar-refractivity contribution >= 4 is 5.91 Å². The Morgan fingerprint density at radius 3 is 2.94 bits per heavy atom. The number of nitrogens with one attached hydrogen (secondary N) is 2. The van der Waals surface area contributed by atoms with E-state index < -0.39 is 0 Å². The first-order valence-corrected chi connectivity index (χ1v) is 6.42. The van der Waals surface area contributed by atoms with Crippen molar-refractivity contribution in [1.82, 2.24) is 15.5 Å². The summed E-state index contributed by atoms with van der Waals surface area (Å²) in [6.45, 7) is 8.31. The second-order valence-corrected chi connectivity index (χ2v) is 4.70. The van der Waals surface area contributed by atoms with Gasteiger partial charge in [0.2, 0.25) is 5.91 Å². The lowest BCUT2D eigenvalue weighted by atomic mass is 10.2. The zero-order chi connectivity index (χ0) is 12.7. The molecule has 5 nitrogen and oxygen atoms in total. The van der Waals surface area contributed by atoms with Crippen molar-refractivity contribution in [2.75, 3.05) is 39.9 Å². The minimum atomic E-state index is -0.118. The first-order chi connectivity index (χ1) is 8.15. The summed E-state index contributed by atoms with van der Waals surface area (Å²) in [7, 11) is 1.68. The van der Waals surface area contributed by atoms with E-state index in [-0.39, 0.29) is 11.9 Å². The fraction of sp³-hybridized carbons (Fsp3) is 0.917. The first-order valence-electron chi connectivity index (χ1n) is 6.42. The molecule has 1 saturated heterocycles. The normalized spacial score (nSPS) is 21.8. The number of likely N-dealkylation sites (N-methyl/N-ethyl adjacent to an activating group) is 1. The maximum atomic E-state index is 11.7. The number of ether oxygens (including phenoxy) is 1. The number of morpholine rings is 1. The Kier molecular flexibility index (Phi) is 6.47. The maximum Gasteiger partial charge on any atom is 0.239 e. The third-order valence-corrected chi connectivity index (χ3v) is 2.96. The molecule has 0 aromatic rings. The van der Waals surface area contributed by atoms with Crippen molar-refractivity contribution in [1.29, 1.82) is 0 Å². The molecule has 0 aromatic carbocycles. The van der Waals surface area contributed by atoms with Gasteiger partial charge in [-0.3, -0.25) is 9.69 Å². The standard InChI is InChI=1S/C12H25N3O2/c1-10(2)14-5-4-6-15-7-8-17-9-11(15)12(16)13-3/h10-11,14H,4-9H2,1-3H3,(H,13,16). The number of carbonyl (C=O) groups excluding carboxylic acids is 1. The molecule has 5 heteroatoms. The van der Waals surface area contributed by atoms with Gasteiger partial charge in [-0.2, -0.15) is 0 Å². The van der Waals surface area contributed by atoms with Gasteiger partial charge in [0, 0.05) is 26.2 Å². The molecule has 1 aliphatic heterocycles. The third kappa shape index (κ3) is 5.02. The number of hydrogen-bond donors (Lipinski definition) is 2. The molecule has 1 aliphatic rings. The second-order valence-electron chi connectivity index (χ2n) is 4.70. The summed E-state index contributed by atoms with van der Waals surface area (Å²) in [4.78, 5) is 13.9. The van der Waals surface area contributed by atoms with Crippen LogP contribution >= 0.6 is 0 Å². The second kappa shape index (κ2) is 7.63. The van der Waals surface area contributed by atoms with E-state index in [9.17, 15) is 4.79 Å². The fourth-order valence-corrected chi connectivity index (χ4v) is 1.99. The summed E-state index contributed by atoms with van der Waals surface area (Å²) >= 11 is 0. The van der Waals surface area contributed by atoms with Crippen molar-refractivity contribution in [3.8, 4) is 0 Å². The quantitative estimate of drug-likeness (QED) is 0.636. The Balaban J connectivity index is 2.30. The van der Waals surface area contributed by atoms with Crippen LogP contribution in [0.25, 0.3) is 0 Å². The Hall–Kier alpha value is -0.650. The Morgan fingerprint density at radius 2 is 2.29 bits per heavy atom. The Labute approximate surface area is 104 Å². The molecule has 0 spiro atoms. The molecule has 1 rings (SSSR count). The lowest BCUT2D eigenvalue weighted by Gasteiger charge is -2.34. The number of amides is 1. The summed E-state index contributed by atoms with van der Waals surface area (Å²) in [6, 6.07) is 0.405. The summed E-state index contributed by atoms with van der Waals surface area (Å²) in [6.07, 6.45) is 1.06. The number of hydrogen-bond acceptors (Lipinski definition) is 4. The van der Waals surface area contributed by atoms with Gasteiger partial charge in [-0.15, -0.1) is 0 Å². The average molecular weight is 243 g/mol. The van der Waals surface area contributed by atoms with Gasteiger partial charge in [0.15, 0.2) is 0 Å². The molecule has 0 saturated carbocycles. The minimum Gasteiger partial charge on any atom is -0.378 e. The molecule has 1 fully saturated rings. The van der Waals surface area contributed by atoms with Crippen LogP contribution in [0.1, 0.15) is 20.3 Å². The highest BCUT2D eigenvalue weighted by Gasteiger charge is 2.27. The van der Waals surface area contributed by atoms with E-state index in [4.69, 9.17) is 4.74 Å². The van der Waals surface area contributed by atoms with Crippen LogP contribution in [0.3, 0.4) is 0 Å². The van der Waals surface area contributed by atoms with Crippen molar-refractivity contribution in [3.63, 3.8) is 0 Å². The molecule has 17 heavy (non-hydrogen) atoms. The topological polar surface area (TPSA) is 53.6 Å². The zero-order valence-electron chi connectivity index (χ0n) is 11.2. The lowest BCUT2D eigenvalue weighted by Crippen LogP contribution is -2.53. The molecular weight excluding hydrogens is 218 g/mol. The zero-order valence-corrected chi connectivity index (χ0v) is 11.2. The van der Waals surface area contributed by atoms with E-state index in [2.05, 4.69) is 29.4 Å². The molecule has 1 unspecified atom stereocenters. The van der Waals surface area contributed by atoms with Gasteiger partial charge in [0.05, 0.1) is 13.2 Å². The summed E-state index contributed by atoms with van der Waals surface area (Å²) in [5.41, 5.74) is 0. The van der Waals surface area contributed by atoms with Crippen LogP contribution in [-0.2, 0) is 9.53 Å². The van der Waals surface area contributed by atoms with Crippen LogP contribution in [0, 0.1) is 0 Å². The van der Waals surface area contributed by atoms with Crippen LogP contribution < -0.4 is 10.6 Å². The number of nitrogens with zero attached hydrogens (tertiary/aromatic N) is 1. The summed E-state index contributed by atoms with van der Waals surface area (Å²) in [5.74, 6) is 0.0570. The van der Waals surface area contributed by atoms with E-state index in [0.717, 1.165) is 32.7 Å². The van der Waals surface area contributed by atoms with Crippen molar-refractivity contribution in [2.24, 2.45) is 0 Å². The highest BCUT2D eigenvalue weighted by atomic mass is 16.5. The van der Waals surface area contributed by atoms with Crippen molar-refractivity contribution < 1.29 is 9.53 Å². The number of carbonyl (C=O) groups is 1. The van der Waals surface area contributed by atoms with Gasteiger partial charge in [-0.25, -0.2) is 0 Å². The molecule has 0 bridgehead atoms. The molecule has 0 aliphatic carbocycles. The summed E-state index contributed by atoms with van der Waals surface area (Å²) in [5, 5.41) is 6.08. The van der Waals surface area contributed by atoms with Crippen LogP contribution in [-0.4, -0.2) is 62.8 Å². The van der Waals surface area contributed by atoms with Gasteiger partial charge in [0.1, 0.15) is 6.04 Å². The van der Waals surface area contributed by atoms with E-state index in [1.54, 1.807) is 7.05 Å². The van der Waals surface area contributed by atoms with Crippen LogP contribution in [0.15, 0.2) is 0 Å². The predicted octanol–water partition coefficient (Wildman–Crippen LogP) is -0.179. The first kappa shape index (κ1) is 14.4. The van der Waals surface area contributed by atoms with Gasteiger partial charge < -0.3 is 15.4 Å². The molecule has 1 heterocycles. The van der Waals surface area contributed by atoms with Crippen LogP contribution in [0.5, 0.6) is 0 Å². The van der Waals surface area contributed by atoms with Crippen molar-refractivity contribution in [3.05, 3.63) is 0 Å². The van der Waals surface area contributed by atoms with E-state index >= 15 is 0 Å². The Bertz CT molecular complexity index is 234. The molecular formula is C12H25N3O2. The lowest BCUT2D eigenvalue weighted by molar-refractivity contribution is -0.132. The van der Waals surface area contributed by atoms with Gasteiger partial charge in [-0.1, -0.05) is 13.8 Å². The van der Waals surface area contributed by atoms with Gasteiger partial charge >= 0.3 is 0 Å². The highest BCUT2D eigenvalue weighted by Crippen LogP contribution is 2.07. The molecule has 0 radical (unpaired) electrons. The summed E-state index contributed by atoms with van der Waals surface area (Å²) < 4.78 is 5.36. The van der Waals surface area contributed by atoms with E-state index in [1.807, 2.05) is 0 Å². The average Bonchev–Trinajstić information content (AvgIpc) is 2.34. The molecule has 2 N–H and O–H groups in total. The molecule has 100 valence electrons. The van der Waals surface area contributed by atoms with Gasteiger partial charge in [-0.05, 0) is 13.0 Å². The molecule has 0 aromatic heterocycles. The SMILES string of the molecule is CNC(=O)C1COCCN1CCCNC(C)C.